The van der Waals surface area contributed by atoms with Gasteiger partial charge in [0, 0.05) is 18.4 Å². The summed E-state index contributed by atoms with van der Waals surface area (Å²) in [5.74, 6) is 2.67. The van der Waals surface area contributed by atoms with Crippen LogP contribution in [-0.4, -0.2) is 39.0 Å². The van der Waals surface area contributed by atoms with Crippen LogP contribution >= 0.6 is 0 Å². The van der Waals surface area contributed by atoms with E-state index in [2.05, 4.69) is 41.5 Å². The minimum absolute atomic E-state index is 0.109. The molecule has 4 rings (SSSR count). The zero-order valence-electron chi connectivity index (χ0n) is 17.0. The highest BCUT2D eigenvalue weighted by Crippen LogP contribution is 2.45. The van der Waals surface area contributed by atoms with Crippen molar-refractivity contribution in [1.82, 2.24) is 0 Å². The van der Waals surface area contributed by atoms with E-state index >= 15 is 0 Å². The molecule has 4 heteroatoms. The van der Waals surface area contributed by atoms with Crippen molar-refractivity contribution in [2.24, 2.45) is 34.5 Å². The highest BCUT2D eigenvalue weighted by molar-refractivity contribution is 4.89. The summed E-state index contributed by atoms with van der Waals surface area (Å²) in [5, 5.41) is 0. The molecule has 25 heavy (non-hydrogen) atoms. The monoisotopic (exact) mass is 354 g/mol. The zero-order valence-corrected chi connectivity index (χ0v) is 17.0. The van der Waals surface area contributed by atoms with Gasteiger partial charge in [-0.15, -0.1) is 0 Å². The van der Waals surface area contributed by atoms with Crippen LogP contribution in [0.5, 0.6) is 0 Å². The van der Waals surface area contributed by atoms with E-state index in [1.807, 2.05) is 0 Å². The van der Waals surface area contributed by atoms with Crippen LogP contribution in [-0.2, 0) is 18.9 Å². The molecular weight excluding hydrogens is 316 g/mol. The van der Waals surface area contributed by atoms with E-state index in [9.17, 15) is 0 Å². The molecule has 0 aromatic carbocycles. The van der Waals surface area contributed by atoms with Crippen LogP contribution < -0.4 is 0 Å². The second-order valence-corrected chi connectivity index (χ2v) is 10.3. The maximum absolute atomic E-state index is 5.67. The average molecular weight is 355 g/mol. The molecule has 4 aliphatic rings. The SMILES string of the molecule is CC(C)(C)C1COC2OCCC21.CC(C)(C)C1COC2OCCCC21. The molecule has 4 aliphatic heterocycles. The van der Waals surface area contributed by atoms with Gasteiger partial charge in [0.2, 0.25) is 0 Å². The lowest BCUT2D eigenvalue weighted by atomic mass is 9.73. The maximum atomic E-state index is 5.67. The minimum Gasteiger partial charge on any atom is -0.352 e. The first-order valence-electron chi connectivity index (χ1n) is 10.1. The summed E-state index contributed by atoms with van der Waals surface area (Å²) >= 11 is 0. The van der Waals surface area contributed by atoms with Gasteiger partial charge in [-0.1, -0.05) is 41.5 Å². The zero-order chi connectivity index (χ0) is 18.2. The molecule has 0 aromatic rings. The van der Waals surface area contributed by atoms with Gasteiger partial charge in [0.25, 0.3) is 0 Å². The van der Waals surface area contributed by atoms with E-state index in [1.54, 1.807) is 0 Å². The molecule has 0 N–H and O–H groups in total. The van der Waals surface area contributed by atoms with Crippen molar-refractivity contribution in [1.29, 1.82) is 0 Å². The summed E-state index contributed by atoms with van der Waals surface area (Å²) in [4.78, 5) is 0. The quantitative estimate of drug-likeness (QED) is 0.643. The summed E-state index contributed by atoms with van der Waals surface area (Å²) in [6.45, 7) is 17.3. The van der Waals surface area contributed by atoms with Crippen molar-refractivity contribution in [3.63, 3.8) is 0 Å². The van der Waals surface area contributed by atoms with Crippen molar-refractivity contribution in [3.05, 3.63) is 0 Å². The van der Waals surface area contributed by atoms with E-state index in [0.717, 1.165) is 26.4 Å². The van der Waals surface area contributed by atoms with Crippen LogP contribution in [0.4, 0.5) is 0 Å². The van der Waals surface area contributed by atoms with Crippen LogP contribution in [0.25, 0.3) is 0 Å². The van der Waals surface area contributed by atoms with Gasteiger partial charge in [-0.2, -0.15) is 0 Å². The average Bonchev–Trinajstić information content (AvgIpc) is 3.20. The Kier molecular flexibility index (Phi) is 5.85. The topological polar surface area (TPSA) is 36.9 Å². The van der Waals surface area contributed by atoms with E-state index in [4.69, 9.17) is 18.9 Å². The third-order valence-corrected chi connectivity index (χ3v) is 6.53. The van der Waals surface area contributed by atoms with Gasteiger partial charge in [-0.25, -0.2) is 0 Å². The van der Waals surface area contributed by atoms with Crippen molar-refractivity contribution in [2.75, 3.05) is 26.4 Å². The number of hydrogen-bond donors (Lipinski definition) is 0. The smallest absolute Gasteiger partial charge is 0.160 e. The Balaban J connectivity index is 0.000000146. The van der Waals surface area contributed by atoms with Crippen molar-refractivity contribution in [2.45, 2.75) is 73.4 Å². The molecule has 0 amide bonds. The Hall–Kier alpha value is -0.160. The molecule has 6 unspecified atom stereocenters. The second kappa shape index (κ2) is 7.46. The van der Waals surface area contributed by atoms with Gasteiger partial charge in [0.15, 0.2) is 12.6 Å². The van der Waals surface area contributed by atoms with Crippen LogP contribution in [0, 0.1) is 34.5 Å². The van der Waals surface area contributed by atoms with Crippen molar-refractivity contribution in [3.8, 4) is 0 Å². The first-order valence-corrected chi connectivity index (χ1v) is 10.1. The maximum Gasteiger partial charge on any atom is 0.160 e. The summed E-state index contributed by atoms with van der Waals surface area (Å²) < 4.78 is 22.4. The van der Waals surface area contributed by atoms with E-state index < -0.39 is 0 Å². The lowest BCUT2D eigenvalue weighted by molar-refractivity contribution is -0.152. The van der Waals surface area contributed by atoms with Crippen LogP contribution in [0.2, 0.25) is 0 Å². The molecule has 146 valence electrons. The fraction of sp³-hybridized carbons (Fsp3) is 1.00. The van der Waals surface area contributed by atoms with Gasteiger partial charge in [-0.05, 0) is 41.9 Å². The predicted octanol–water partition coefficient (Wildman–Crippen LogP) is 4.47. The molecule has 6 atom stereocenters. The molecule has 4 saturated heterocycles. The molecule has 0 saturated carbocycles. The van der Waals surface area contributed by atoms with Gasteiger partial charge in [0.05, 0.1) is 19.8 Å². The van der Waals surface area contributed by atoms with Gasteiger partial charge in [-0.3, -0.25) is 0 Å². The first-order chi connectivity index (χ1) is 11.7. The highest BCUT2D eigenvalue weighted by Gasteiger charge is 2.46. The van der Waals surface area contributed by atoms with Crippen LogP contribution in [0.1, 0.15) is 60.8 Å². The Morgan fingerprint density at radius 1 is 0.600 bits per heavy atom. The molecule has 4 nitrogen and oxygen atoms in total. The molecule has 4 heterocycles. The summed E-state index contributed by atoms with van der Waals surface area (Å²) in [6.07, 6.45) is 3.91. The van der Waals surface area contributed by atoms with Gasteiger partial charge in [0.1, 0.15) is 0 Å². The highest BCUT2D eigenvalue weighted by atomic mass is 16.7. The first kappa shape index (κ1) is 19.6. The number of rotatable bonds is 0. The lowest BCUT2D eigenvalue weighted by Crippen LogP contribution is -2.33. The summed E-state index contributed by atoms with van der Waals surface area (Å²) in [5.41, 5.74) is 0.729. The number of ether oxygens (including phenoxy) is 4. The third kappa shape index (κ3) is 4.40. The largest absolute Gasteiger partial charge is 0.352 e. The number of fused-ring (bicyclic) bond motifs is 2. The normalized spacial score (nSPS) is 41.0. The van der Waals surface area contributed by atoms with Crippen molar-refractivity contribution < 1.29 is 18.9 Å². The van der Waals surface area contributed by atoms with E-state index in [-0.39, 0.29) is 12.6 Å². The molecule has 0 bridgehead atoms. The van der Waals surface area contributed by atoms with E-state index in [1.165, 1.54) is 19.3 Å². The Morgan fingerprint density at radius 3 is 1.60 bits per heavy atom. The molecule has 0 radical (unpaired) electrons. The third-order valence-electron chi connectivity index (χ3n) is 6.53. The van der Waals surface area contributed by atoms with Gasteiger partial charge >= 0.3 is 0 Å². The second-order valence-electron chi connectivity index (χ2n) is 10.3. The predicted molar refractivity (Wildman–Crippen MR) is 98.1 cm³/mol. The molecule has 0 aromatic heterocycles. The van der Waals surface area contributed by atoms with E-state index in [0.29, 0.717) is 34.5 Å². The van der Waals surface area contributed by atoms with Crippen molar-refractivity contribution >= 4 is 0 Å². The number of hydrogen-bond acceptors (Lipinski definition) is 4. The minimum atomic E-state index is 0.109. The van der Waals surface area contributed by atoms with Crippen LogP contribution in [0.15, 0.2) is 0 Å². The molecule has 4 fully saturated rings. The molecular formula is C21H38O4. The molecule has 0 aliphatic carbocycles. The standard InChI is InChI=1S/C11H20O2.C10H18O2/c1-11(2,3)9-7-13-10-8(9)5-4-6-12-10;1-10(2,3)8-6-12-9-7(8)4-5-11-9/h8-10H,4-7H2,1-3H3;7-9H,4-6H2,1-3H3. The fourth-order valence-corrected chi connectivity index (χ4v) is 4.91. The van der Waals surface area contributed by atoms with Gasteiger partial charge < -0.3 is 18.9 Å². The lowest BCUT2D eigenvalue weighted by Gasteiger charge is -2.34. The Labute approximate surface area is 153 Å². The summed E-state index contributed by atoms with van der Waals surface area (Å²) in [7, 11) is 0. The molecule has 0 spiro atoms. The Morgan fingerprint density at radius 2 is 1.08 bits per heavy atom. The Bertz CT molecular complexity index is 436. The fourth-order valence-electron chi connectivity index (χ4n) is 4.91. The van der Waals surface area contributed by atoms with Crippen LogP contribution in [0.3, 0.4) is 0 Å². The summed E-state index contributed by atoms with van der Waals surface area (Å²) in [6, 6.07) is 0.